The molecule has 1 aliphatic carbocycles. The molecule has 0 spiro atoms. The summed E-state index contributed by atoms with van der Waals surface area (Å²) in [6.07, 6.45) is 1.40. The number of carbonyl (C=O) groups excluding carboxylic acids is 1. The molecule has 0 aromatic heterocycles. The largest absolute Gasteiger partial charge is 0.272 e. The number of nitrogens with zero attached hydrogens (tertiary/aromatic N) is 1. The molecule has 2 N–H and O–H groups in total. The highest BCUT2D eigenvalue weighted by Gasteiger charge is 2.17. The molecule has 0 atom stereocenters. The van der Waals surface area contributed by atoms with Crippen LogP contribution in [0.1, 0.15) is 11.1 Å². The Labute approximate surface area is 140 Å². The van der Waals surface area contributed by atoms with Crippen LogP contribution in [0.15, 0.2) is 64.6 Å². The maximum atomic E-state index is 12.0. The van der Waals surface area contributed by atoms with Gasteiger partial charge in [-0.1, -0.05) is 42.5 Å². The average Bonchev–Trinajstić information content (AvgIpc) is 3.02. The third kappa shape index (κ3) is 3.87. The SMILES string of the molecule is O=C(CNS(=O)(=O)c1ccccc1)NN=C1Cc2ccccc2C1. The van der Waals surface area contributed by atoms with Gasteiger partial charge in [0.25, 0.3) is 5.91 Å². The van der Waals surface area contributed by atoms with E-state index in [1.54, 1.807) is 18.2 Å². The Morgan fingerprint density at radius 1 is 0.958 bits per heavy atom. The monoisotopic (exact) mass is 343 g/mol. The van der Waals surface area contributed by atoms with Crippen molar-refractivity contribution in [2.75, 3.05) is 6.54 Å². The molecule has 2 aromatic carbocycles. The van der Waals surface area contributed by atoms with Crippen LogP contribution in [-0.4, -0.2) is 26.6 Å². The second-order valence-corrected chi connectivity index (χ2v) is 7.24. The van der Waals surface area contributed by atoms with Gasteiger partial charge in [0.2, 0.25) is 10.0 Å². The number of hydrogen-bond acceptors (Lipinski definition) is 4. The van der Waals surface area contributed by atoms with Crippen LogP contribution >= 0.6 is 0 Å². The van der Waals surface area contributed by atoms with E-state index in [4.69, 9.17) is 0 Å². The Morgan fingerprint density at radius 3 is 2.17 bits per heavy atom. The summed E-state index contributed by atoms with van der Waals surface area (Å²) in [6.45, 7) is -0.360. The summed E-state index contributed by atoms with van der Waals surface area (Å²) < 4.78 is 26.3. The van der Waals surface area contributed by atoms with Gasteiger partial charge in [0.15, 0.2) is 0 Å². The third-order valence-corrected chi connectivity index (χ3v) is 5.14. The Hall–Kier alpha value is -2.51. The fraction of sp³-hybridized carbons (Fsp3) is 0.176. The van der Waals surface area contributed by atoms with E-state index in [2.05, 4.69) is 15.2 Å². The van der Waals surface area contributed by atoms with Crippen LogP contribution in [0.3, 0.4) is 0 Å². The molecule has 0 aliphatic heterocycles. The Bertz CT molecular complexity index is 850. The number of amides is 1. The van der Waals surface area contributed by atoms with Crippen LogP contribution < -0.4 is 10.1 Å². The zero-order valence-electron chi connectivity index (χ0n) is 12.9. The molecule has 0 saturated carbocycles. The van der Waals surface area contributed by atoms with Crippen LogP contribution in [0.25, 0.3) is 0 Å². The molecule has 0 fully saturated rings. The van der Waals surface area contributed by atoms with Crippen molar-refractivity contribution in [1.29, 1.82) is 0 Å². The molecule has 1 amide bonds. The minimum Gasteiger partial charge on any atom is -0.272 e. The van der Waals surface area contributed by atoms with E-state index in [9.17, 15) is 13.2 Å². The van der Waals surface area contributed by atoms with Gasteiger partial charge >= 0.3 is 0 Å². The number of hydrogen-bond donors (Lipinski definition) is 2. The van der Waals surface area contributed by atoms with Crippen molar-refractivity contribution in [3.05, 3.63) is 65.7 Å². The van der Waals surface area contributed by atoms with E-state index in [0.29, 0.717) is 12.8 Å². The number of sulfonamides is 1. The predicted octanol–water partition coefficient (Wildman–Crippen LogP) is 1.24. The van der Waals surface area contributed by atoms with Crippen LogP contribution in [0.2, 0.25) is 0 Å². The maximum Gasteiger partial charge on any atom is 0.255 e. The topological polar surface area (TPSA) is 87.6 Å². The number of nitrogens with one attached hydrogen (secondary N) is 2. The molecular weight excluding hydrogens is 326 g/mol. The molecule has 2 aromatic rings. The minimum absolute atomic E-state index is 0.121. The summed E-state index contributed by atoms with van der Waals surface area (Å²) in [6, 6.07) is 15.9. The van der Waals surface area contributed by atoms with Crippen molar-refractivity contribution in [2.24, 2.45) is 5.10 Å². The molecule has 124 valence electrons. The van der Waals surface area contributed by atoms with Gasteiger partial charge in [0.1, 0.15) is 0 Å². The molecule has 1 aliphatic rings. The van der Waals surface area contributed by atoms with Gasteiger partial charge in [-0.2, -0.15) is 5.10 Å². The smallest absolute Gasteiger partial charge is 0.255 e. The minimum atomic E-state index is -3.70. The first-order valence-electron chi connectivity index (χ1n) is 7.50. The zero-order valence-corrected chi connectivity index (χ0v) is 13.7. The molecule has 0 saturated heterocycles. The van der Waals surface area contributed by atoms with Crippen LogP contribution in [-0.2, 0) is 27.7 Å². The third-order valence-electron chi connectivity index (χ3n) is 3.72. The molecule has 24 heavy (non-hydrogen) atoms. The van der Waals surface area contributed by atoms with E-state index in [-0.39, 0.29) is 11.4 Å². The first-order chi connectivity index (χ1) is 11.5. The summed E-state index contributed by atoms with van der Waals surface area (Å²) in [4.78, 5) is 11.9. The molecular formula is C17H17N3O3S. The van der Waals surface area contributed by atoms with Gasteiger partial charge < -0.3 is 0 Å². The molecule has 0 unspecified atom stereocenters. The number of hydrazone groups is 1. The lowest BCUT2D eigenvalue weighted by Gasteiger charge is -2.06. The molecule has 3 rings (SSSR count). The Morgan fingerprint density at radius 2 is 1.54 bits per heavy atom. The van der Waals surface area contributed by atoms with Gasteiger partial charge in [-0.05, 0) is 23.3 Å². The summed E-state index contributed by atoms with van der Waals surface area (Å²) in [7, 11) is -3.70. The van der Waals surface area contributed by atoms with Gasteiger partial charge in [-0.25, -0.2) is 18.6 Å². The van der Waals surface area contributed by atoms with Crippen LogP contribution in [0, 0.1) is 0 Å². The van der Waals surface area contributed by atoms with E-state index < -0.39 is 15.9 Å². The first-order valence-corrected chi connectivity index (χ1v) is 8.99. The normalized spacial score (nSPS) is 13.4. The first kappa shape index (κ1) is 16.4. The average molecular weight is 343 g/mol. The summed E-state index contributed by atoms with van der Waals surface area (Å²) >= 11 is 0. The number of rotatable bonds is 5. The fourth-order valence-corrected chi connectivity index (χ4v) is 3.51. The Kier molecular flexibility index (Phi) is 4.73. The lowest BCUT2D eigenvalue weighted by Crippen LogP contribution is -2.35. The van der Waals surface area contributed by atoms with E-state index >= 15 is 0 Å². The van der Waals surface area contributed by atoms with Gasteiger partial charge in [0, 0.05) is 18.6 Å². The van der Waals surface area contributed by atoms with Gasteiger partial charge in [0.05, 0.1) is 11.4 Å². The van der Waals surface area contributed by atoms with Gasteiger partial charge in [-0.15, -0.1) is 0 Å². The maximum absolute atomic E-state index is 12.0. The van der Waals surface area contributed by atoms with Crippen molar-refractivity contribution in [3.63, 3.8) is 0 Å². The summed E-state index contributed by atoms with van der Waals surface area (Å²) in [5, 5.41) is 4.09. The Balaban J connectivity index is 1.53. The van der Waals surface area contributed by atoms with Crippen molar-refractivity contribution in [3.8, 4) is 0 Å². The summed E-state index contributed by atoms with van der Waals surface area (Å²) in [5.74, 6) is -0.502. The van der Waals surface area contributed by atoms with E-state index in [1.807, 2.05) is 24.3 Å². The second-order valence-electron chi connectivity index (χ2n) is 5.47. The van der Waals surface area contributed by atoms with Crippen LogP contribution in [0.5, 0.6) is 0 Å². The lowest BCUT2D eigenvalue weighted by molar-refractivity contribution is -0.119. The van der Waals surface area contributed by atoms with Gasteiger partial charge in [-0.3, -0.25) is 4.79 Å². The van der Waals surface area contributed by atoms with Crippen molar-refractivity contribution < 1.29 is 13.2 Å². The lowest BCUT2D eigenvalue weighted by atomic mass is 10.1. The molecule has 7 heteroatoms. The van der Waals surface area contributed by atoms with Crippen LogP contribution in [0.4, 0.5) is 0 Å². The van der Waals surface area contributed by atoms with Crippen molar-refractivity contribution >= 4 is 21.6 Å². The highest BCUT2D eigenvalue weighted by atomic mass is 32.2. The summed E-state index contributed by atoms with van der Waals surface area (Å²) in [5.41, 5.74) is 5.67. The number of carbonyl (C=O) groups is 1. The number of benzene rings is 2. The quantitative estimate of drug-likeness (QED) is 0.801. The number of fused-ring (bicyclic) bond motifs is 1. The molecule has 0 radical (unpaired) electrons. The van der Waals surface area contributed by atoms with Crippen molar-refractivity contribution in [1.82, 2.24) is 10.1 Å². The fourth-order valence-electron chi connectivity index (χ4n) is 2.51. The second kappa shape index (κ2) is 6.94. The highest BCUT2D eigenvalue weighted by Crippen LogP contribution is 2.19. The molecule has 0 heterocycles. The van der Waals surface area contributed by atoms with E-state index in [0.717, 1.165) is 5.71 Å². The standard InChI is InChI=1S/C17H17N3O3S/c21-17(12-18-24(22,23)16-8-2-1-3-9-16)20-19-15-10-13-6-4-5-7-14(13)11-15/h1-9,18H,10-12H2,(H,20,21). The predicted molar refractivity (Wildman–Crippen MR) is 91.1 cm³/mol. The van der Waals surface area contributed by atoms with Crippen molar-refractivity contribution in [2.45, 2.75) is 17.7 Å². The highest BCUT2D eigenvalue weighted by molar-refractivity contribution is 7.89. The molecule has 0 bridgehead atoms. The van der Waals surface area contributed by atoms with E-state index in [1.165, 1.54) is 23.3 Å². The molecule has 6 nitrogen and oxygen atoms in total. The zero-order chi connectivity index (χ0) is 17.0.